The van der Waals surface area contributed by atoms with Crippen molar-refractivity contribution in [3.63, 3.8) is 0 Å². The van der Waals surface area contributed by atoms with E-state index < -0.39 is 16.2 Å². The quantitative estimate of drug-likeness (QED) is 0.519. The smallest absolute Gasteiger partial charge is 0.255 e. The van der Waals surface area contributed by atoms with Crippen molar-refractivity contribution in [3.05, 3.63) is 51.6 Å². The lowest BCUT2D eigenvalue weighted by atomic mass is 10.2. The highest BCUT2D eigenvalue weighted by atomic mass is 127. The first-order valence-electron chi connectivity index (χ1n) is 8.56. The lowest BCUT2D eigenvalue weighted by molar-refractivity contribution is 0.102. The second-order valence-corrected chi connectivity index (χ2v) is 9.27. The Bertz CT molecular complexity index is 966. The average Bonchev–Trinajstić information content (AvgIpc) is 2.68. The molecule has 1 atom stereocenters. The number of hydrogen-bond donors (Lipinski definition) is 3. The topological polar surface area (TPSA) is 114 Å². The largest absolute Gasteiger partial charge is 0.496 e. The summed E-state index contributed by atoms with van der Waals surface area (Å²) in [7, 11) is -2.11. The van der Waals surface area contributed by atoms with Crippen LogP contribution in [0.25, 0.3) is 0 Å². The van der Waals surface area contributed by atoms with Crippen LogP contribution in [0, 0.1) is 3.57 Å². The van der Waals surface area contributed by atoms with Crippen molar-refractivity contribution in [1.82, 2.24) is 9.62 Å². The third-order valence-corrected chi connectivity index (χ3v) is 7.15. The maximum atomic E-state index is 12.8. The van der Waals surface area contributed by atoms with E-state index in [-0.39, 0.29) is 10.8 Å². The molecule has 150 valence electrons. The second-order valence-electron chi connectivity index (χ2n) is 6.22. The minimum Gasteiger partial charge on any atom is -0.496 e. The zero-order valence-corrected chi connectivity index (χ0v) is 18.2. The summed E-state index contributed by atoms with van der Waals surface area (Å²) in [5, 5.41) is 5.82. The Balaban J connectivity index is 1.74. The number of carbonyl (C=O) groups excluding carboxylic acids is 1. The molecule has 1 amide bonds. The molecule has 10 heteroatoms. The number of nitrogens with two attached hydrogens (primary N) is 1. The number of piperazine rings is 1. The Morgan fingerprint density at radius 2 is 2.00 bits per heavy atom. The summed E-state index contributed by atoms with van der Waals surface area (Å²) < 4.78 is 32.8. The van der Waals surface area contributed by atoms with E-state index in [2.05, 4.69) is 33.2 Å². The summed E-state index contributed by atoms with van der Waals surface area (Å²) in [6.45, 7) is 1.29. The maximum absolute atomic E-state index is 12.8. The molecule has 0 unspecified atom stereocenters. The highest BCUT2D eigenvalue weighted by Gasteiger charge is 2.31. The van der Waals surface area contributed by atoms with Crippen molar-refractivity contribution in [3.8, 4) is 5.75 Å². The molecule has 1 aliphatic rings. The van der Waals surface area contributed by atoms with Crippen LogP contribution in [0.3, 0.4) is 0 Å². The highest BCUT2D eigenvalue weighted by molar-refractivity contribution is 14.1. The number of benzene rings is 2. The number of amides is 1. The van der Waals surface area contributed by atoms with Crippen LogP contribution in [-0.4, -0.2) is 51.5 Å². The molecule has 1 saturated heterocycles. The third-order valence-electron chi connectivity index (χ3n) is 4.37. The van der Waals surface area contributed by atoms with Crippen LogP contribution in [-0.2, 0) is 10.0 Å². The van der Waals surface area contributed by atoms with E-state index in [1.165, 1.54) is 16.4 Å². The summed E-state index contributed by atoms with van der Waals surface area (Å²) in [5.41, 5.74) is 6.89. The molecule has 1 aliphatic heterocycles. The lowest BCUT2D eigenvalue weighted by Gasteiger charge is -2.32. The monoisotopic (exact) mass is 516 g/mol. The van der Waals surface area contributed by atoms with Crippen LogP contribution in [0.2, 0.25) is 0 Å². The van der Waals surface area contributed by atoms with E-state index in [4.69, 9.17) is 10.5 Å². The van der Waals surface area contributed by atoms with Crippen molar-refractivity contribution >= 4 is 44.2 Å². The molecule has 0 aliphatic carbocycles. The van der Waals surface area contributed by atoms with E-state index in [9.17, 15) is 13.2 Å². The number of ether oxygens (including phenoxy) is 1. The molecule has 0 spiro atoms. The van der Waals surface area contributed by atoms with E-state index in [0.29, 0.717) is 36.6 Å². The minimum absolute atomic E-state index is 0.141. The van der Waals surface area contributed by atoms with Crippen LogP contribution in [0.15, 0.2) is 47.4 Å². The summed E-state index contributed by atoms with van der Waals surface area (Å²) in [6, 6.07) is 11.2. The first-order valence-corrected chi connectivity index (χ1v) is 11.1. The third kappa shape index (κ3) is 4.46. The normalized spacial score (nSPS) is 17.9. The first kappa shape index (κ1) is 21.0. The molecule has 1 heterocycles. The van der Waals surface area contributed by atoms with Gasteiger partial charge < -0.3 is 21.1 Å². The number of methoxy groups -OCH3 is 1. The molecule has 4 N–H and O–H groups in total. The number of hydrogen-bond acceptors (Lipinski definition) is 6. The van der Waals surface area contributed by atoms with E-state index in [1.54, 1.807) is 37.4 Å². The van der Waals surface area contributed by atoms with E-state index in [0.717, 1.165) is 3.57 Å². The van der Waals surface area contributed by atoms with Crippen LogP contribution in [0.4, 0.5) is 5.69 Å². The number of nitrogens with one attached hydrogen (secondary N) is 2. The Kier molecular flexibility index (Phi) is 6.55. The van der Waals surface area contributed by atoms with Gasteiger partial charge in [-0.3, -0.25) is 4.79 Å². The number of sulfonamides is 1. The molecule has 8 nitrogen and oxygen atoms in total. The molecule has 0 radical (unpaired) electrons. The molecule has 0 saturated carbocycles. The maximum Gasteiger partial charge on any atom is 0.255 e. The van der Waals surface area contributed by atoms with Gasteiger partial charge in [0.05, 0.1) is 21.7 Å². The summed E-state index contributed by atoms with van der Waals surface area (Å²) in [4.78, 5) is 12.6. The van der Waals surface area contributed by atoms with Crippen LogP contribution in [0.1, 0.15) is 10.4 Å². The lowest BCUT2D eigenvalue weighted by Crippen LogP contribution is -2.57. The van der Waals surface area contributed by atoms with Gasteiger partial charge in [-0.25, -0.2) is 8.42 Å². The number of anilines is 1. The highest BCUT2D eigenvalue weighted by Crippen LogP contribution is 2.23. The standard InChI is InChI=1S/C18H21IN4O4S/c1-27-16-7-2-12(10-15(16)19)18(24)22-13-3-5-14(6-4-13)28(25,26)23-9-8-21-11-17(23)20/h2-7,10,17,21H,8-9,11,20H2,1H3,(H,22,24)/t17-/m0/s1. The van der Waals surface area contributed by atoms with Crippen molar-refractivity contribution in [2.45, 2.75) is 11.1 Å². The predicted molar refractivity (Wildman–Crippen MR) is 115 cm³/mol. The Morgan fingerprint density at radius 3 is 2.61 bits per heavy atom. The SMILES string of the molecule is COc1ccc(C(=O)Nc2ccc(S(=O)(=O)N3CCNC[C@H]3N)cc2)cc1I. The van der Waals surface area contributed by atoms with Crippen molar-refractivity contribution in [2.75, 3.05) is 32.1 Å². The molecule has 0 bridgehead atoms. The van der Waals surface area contributed by atoms with Gasteiger partial charge in [0, 0.05) is 30.9 Å². The first-order chi connectivity index (χ1) is 13.3. The number of rotatable bonds is 5. The molecule has 1 fully saturated rings. The minimum atomic E-state index is -3.68. The Labute approximate surface area is 177 Å². The van der Waals surface area contributed by atoms with E-state index >= 15 is 0 Å². The fourth-order valence-corrected chi connectivity index (χ4v) is 5.11. The van der Waals surface area contributed by atoms with Gasteiger partial charge in [0.15, 0.2) is 0 Å². The summed E-state index contributed by atoms with van der Waals surface area (Å²) >= 11 is 2.10. The molecule has 28 heavy (non-hydrogen) atoms. The van der Waals surface area contributed by atoms with Crippen molar-refractivity contribution in [2.24, 2.45) is 5.73 Å². The zero-order chi connectivity index (χ0) is 20.3. The Morgan fingerprint density at radius 1 is 1.29 bits per heavy atom. The predicted octanol–water partition coefficient (Wildman–Crippen LogP) is 1.43. The van der Waals surface area contributed by atoms with Crippen molar-refractivity contribution in [1.29, 1.82) is 0 Å². The van der Waals surface area contributed by atoms with E-state index in [1.807, 2.05) is 0 Å². The van der Waals surface area contributed by atoms with Gasteiger partial charge in [-0.05, 0) is 65.1 Å². The molecule has 0 aromatic heterocycles. The average molecular weight is 516 g/mol. The summed E-state index contributed by atoms with van der Waals surface area (Å²) in [6.07, 6.45) is -0.601. The number of halogens is 1. The fraction of sp³-hybridized carbons (Fsp3) is 0.278. The zero-order valence-electron chi connectivity index (χ0n) is 15.2. The van der Waals surface area contributed by atoms with Gasteiger partial charge >= 0.3 is 0 Å². The number of nitrogens with zero attached hydrogens (tertiary/aromatic N) is 1. The van der Waals surface area contributed by atoms with Crippen LogP contribution in [0.5, 0.6) is 5.75 Å². The van der Waals surface area contributed by atoms with Gasteiger partial charge in [0.1, 0.15) is 5.75 Å². The van der Waals surface area contributed by atoms with Crippen molar-refractivity contribution < 1.29 is 17.9 Å². The van der Waals surface area contributed by atoms with Crippen LogP contribution >= 0.6 is 22.6 Å². The second kappa shape index (κ2) is 8.74. The Hall–Kier alpha value is -1.73. The molecule has 2 aromatic rings. The molecule has 3 rings (SSSR count). The van der Waals surface area contributed by atoms with Gasteiger partial charge in [-0.15, -0.1) is 0 Å². The van der Waals surface area contributed by atoms with Gasteiger partial charge in [0.25, 0.3) is 5.91 Å². The van der Waals surface area contributed by atoms with Crippen LogP contribution < -0.4 is 21.1 Å². The molecular formula is C18H21IN4O4S. The van der Waals surface area contributed by atoms with Gasteiger partial charge in [-0.1, -0.05) is 0 Å². The van der Waals surface area contributed by atoms with Gasteiger partial charge in [0.2, 0.25) is 10.0 Å². The fourth-order valence-electron chi connectivity index (χ4n) is 2.86. The number of carbonyl (C=O) groups is 1. The summed E-state index contributed by atoms with van der Waals surface area (Å²) in [5.74, 6) is 0.401. The molecule has 2 aromatic carbocycles. The van der Waals surface area contributed by atoms with Gasteiger partial charge in [-0.2, -0.15) is 4.31 Å². The molecular weight excluding hydrogens is 495 g/mol.